The maximum Gasteiger partial charge on any atom is 0.215 e. The lowest BCUT2D eigenvalue weighted by Gasteiger charge is -2.12. The van der Waals surface area contributed by atoms with Crippen LogP contribution in [-0.4, -0.2) is 18.2 Å². The molecule has 0 saturated heterocycles. The lowest BCUT2D eigenvalue weighted by molar-refractivity contribution is 0.242. The third-order valence-electron chi connectivity index (χ3n) is 2.60. The molecule has 0 unspecified atom stereocenters. The van der Waals surface area contributed by atoms with Crippen molar-refractivity contribution >= 4 is 17.2 Å². The van der Waals surface area contributed by atoms with Crippen molar-refractivity contribution in [2.24, 2.45) is 0 Å². The van der Waals surface area contributed by atoms with Crippen molar-refractivity contribution in [3.05, 3.63) is 36.4 Å². The van der Waals surface area contributed by atoms with Crippen molar-refractivity contribution in [2.45, 2.75) is 20.0 Å². The molecule has 0 amide bonds. The molecule has 2 rings (SSSR count). The molecule has 3 N–H and O–H groups in total. The van der Waals surface area contributed by atoms with Gasteiger partial charge in [0.05, 0.1) is 18.9 Å². The normalized spacial score (nSPS) is 10.4. The highest BCUT2D eigenvalue weighted by Gasteiger charge is 2.04. The molecule has 0 radical (unpaired) electrons. The van der Waals surface area contributed by atoms with Gasteiger partial charge >= 0.3 is 0 Å². The van der Waals surface area contributed by atoms with E-state index in [2.05, 4.69) is 10.3 Å². The molecule has 0 aliphatic rings. The Bertz CT molecular complexity index is 568. The smallest absolute Gasteiger partial charge is 0.215 e. The number of nitrogens with zero attached hydrogens (tertiary/aromatic N) is 1. The molecular formula is C15H19N3O2. The van der Waals surface area contributed by atoms with Gasteiger partial charge < -0.3 is 20.5 Å². The van der Waals surface area contributed by atoms with Crippen LogP contribution in [0.25, 0.3) is 0 Å². The maximum atomic E-state index is 5.88. The number of anilines is 3. The molecule has 20 heavy (non-hydrogen) atoms. The van der Waals surface area contributed by atoms with E-state index in [1.54, 1.807) is 19.2 Å². The molecule has 0 aliphatic heterocycles. The summed E-state index contributed by atoms with van der Waals surface area (Å²) >= 11 is 0. The first-order chi connectivity index (χ1) is 9.58. The number of benzene rings is 1. The van der Waals surface area contributed by atoms with Gasteiger partial charge in [-0.2, -0.15) is 4.98 Å². The van der Waals surface area contributed by atoms with Crippen molar-refractivity contribution in [3.63, 3.8) is 0 Å². The third kappa shape index (κ3) is 3.54. The second-order valence-corrected chi connectivity index (χ2v) is 4.61. The van der Waals surface area contributed by atoms with Gasteiger partial charge in [-0.1, -0.05) is 0 Å². The van der Waals surface area contributed by atoms with E-state index in [-0.39, 0.29) is 6.10 Å². The minimum Gasteiger partial charge on any atom is -0.491 e. The summed E-state index contributed by atoms with van der Waals surface area (Å²) < 4.78 is 10.7. The van der Waals surface area contributed by atoms with Crippen molar-refractivity contribution in [3.8, 4) is 11.6 Å². The lowest BCUT2D eigenvalue weighted by atomic mass is 10.3. The van der Waals surface area contributed by atoms with E-state index in [4.69, 9.17) is 15.2 Å². The molecule has 0 atom stereocenters. The molecule has 0 saturated carbocycles. The number of nitrogens with two attached hydrogens (primary N) is 1. The van der Waals surface area contributed by atoms with Gasteiger partial charge in [0.2, 0.25) is 5.88 Å². The van der Waals surface area contributed by atoms with Gasteiger partial charge in [0, 0.05) is 11.8 Å². The lowest BCUT2D eigenvalue weighted by Crippen LogP contribution is -2.05. The molecule has 5 heteroatoms. The fourth-order valence-corrected chi connectivity index (χ4v) is 1.69. The molecule has 0 spiro atoms. The Labute approximate surface area is 118 Å². The standard InChI is InChI=1S/C15H19N3O2/c1-10(2)20-12-6-4-11(5-7-12)17-15-13(16)8-9-14(18-15)19-3/h4-10H,16H2,1-3H3,(H,17,18). The number of pyridine rings is 1. The summed E-state index contributed by atoms with van der Waals surface area (Å²) in [6.07, 6.45) is 0.157. The zero-order valence-corrected chi connectivity index (χ0v) is 11.9. The first kappa shape index (κ1) is 14.0. The Kier molecular flexibility index (Phi) is 4.30. The summed E-state index contributed by atoms with van der Waals surface area (Å²) in [7, 11) is 1.57. The van der Waals surface area contributed by atoms with Gasteiger partial charge in [0.25, 0.3) is 0 Å². The average molecular weight is 273 g/mol. The zero-order valence-electron chi connectivity index (χ0n) is 11.9. The second-order valence-electron chi connectivity index (χ2n) is 4.61. The first-order valence-electron chi connectivity index (χ1n) is 6.42. The van der Waals surface area contributed by atoms with Crippen molar-refractivity contribution in [1.82, 2.24) is 4.98 Å². The number of hydrogen-bond donors (Lipinski definition) is 2. The number of aromatic nitrogens is 1. The fraction of sp³-hybridized carbons (Fsp3) is 0.267. The minimum absolute atomic E-state index is 0.157. The molecule has 0 aliphatic carbocycles. The predicted octanol–water partition coefficient (Wildman–Crippen LogP) is 3.20. The Morgan fingerprint density at radius 3 is 2.40 bits per heavy atom. The quantitative estimate of drug-likeness (QED) is 0.875. The van der Waals surface area contributed by atoms with Gasteiger partial charge in [-0.3, -0.25) is 0 Å². The number of nitrogens with one attached hydrogen (secondary N) is 1. The monoisotopic (exact) mass is 273 g/mol. The number of ether oxygens (including phenoxy) is 2. The van der Waals surface area contributed by atoms with Gasteiger partial charge in [-0.05, 0) is 44.2 Å². The zero-order chi connectivity index (χ0) is 14.5. The van der Waals surface area contributed by atoms with Crippen molar-refractivity contribution in [2.75, 3.05) is 18.2 Å². The summed E-state index contributed by atoms with van der Waals surface area (Å²) in [5.41, 5.74) is 7.33. The van der Waals surface area contributed by atoms with E-state index in [1.807, 2.05) is 38.1 Å². The highest BCUT2D eigenvalue weighted by molar-refractivity contribution is 5.69. The molecule has 1 heterocycles. The van der Waals surface area contributed by atoms with Crippen LogP contribution in [0.1, 0.15) is 13.8 Å². The number of rotatable bonds is 5. The Morgan fingerprint density at radius 2 is 1.80 bits per heavy atom. The Balaban J connectivity index is 2.13. The summed E-state index contributed by atoms with van der Waals surface area (Å²) in [5, 5.41) is 3.16. The number of hydrogen-bond acceptors (Lipinski definition) is 5. The second kappa shape index (κ2) is 6.14. The maximum absolute atomic E-state index is 5.88. The summed E-state index contributed by atoms with van der Waals surface area (Å²) in [6.45, 7) is 3.99. The van der Waals surface area contributed by atoms with Crippen molar-refractivity contribution in [1.29, 1.82) is 0 Å². The van der Waals surface area contributed by atoms with Crippen LogP contribution >= 0.6 is 0 Å². The van der Waals surface area contributed by atoms with E-state index in [9.17, 15) is 0 Å². The van der Waals surface area contributed by atoms with Gasteiger partial charge in [0.15, 0.2) is 5.82 Å². The predicted molar refractivity (Wildman–Crippen MR) is 80.7 cm³/mol. The van der Waals surface area contributed by atoms with Gasteiger partial charge in [-0.25, -0.2) is 0 Å². The van der Waals surface area contributed by atoms with Crippen LogP contribution in [0.15, 0.2) is 36.4 Å². The molecular weight excluding hydrogens is 254 g/mol. The van der Waals surface area contributed by atoms with Crippen LogP contribution in [0.4, 0.5) is 17.2 Å². The SMILES string of the molecule is COc1ccc(N)c(Nc2ccc(OC(C)C)cc2)n1. The van der Waals surface area contributed by atoms with Crippen LogP contribution in [0.3, 0.4) is 0 Å². The highest BCUT2D eigenvalue weighted by Crippen LogP contribution is 2.25. The summed E-state index contributed by atoms with van der Waals surface area (Å²) in [6, 6.07) is 11.1. The van der Waals surface area contributed by atoms with Crippen LogP contribution in [0, 0.1) is 0 Å². The molecule has 106 valence electrons. The Morgan fingerprint density at radius 1 is 1.10 bits per heavy atom. The van der Waals surface area contributed by atoms with Crippen LogP contribution in [0.2, 0.25) is 0 Å². The first-order valence-corrected chi connectivity index (χ1v) is 6.42. The summed E-state index contributed by atoms with van der Waals surface area (Å²) in [5.74, 6) is 1.92. The summed E-state index contributed by atoms with van der Waals surface area (Å²) in [4.78, 5) is 4.27. The molecule has 1 aromatic heterocycles. The van der Waals surface area contributed by atoms with Crippen LogP contribution in [-0.2, 0) is 0 Å². The number of nitrogen functional groups attached to an aromatic ring is 1. The van der Waals surface area contributed by atoms with E-state index >= 15 is 0 Å². The third-order valence-corrected chi connectivity index (χ3v) is 2.60. The molecule has 2 aromatic rings. The van der Waals surface area contributed by atoms with E-state index in [0.29, 0.717) is 17.4 Å². The Hall–Kier alpha value is -2.43. The average Bonchev–Trinajstić information content (AvgIpc) is 2.43. The molecule has 0 fully saturated rings. The van der Waals surface area contributed by atoms with Crippen LogP contribution < -0.4 is 20.5 Å². The van der Waals surface area contributed by atoms with E-state index in [0.717, 1.165) is 11.4 Å². The van der Waals surface area contributed by atoms with Gasteiger partial charge in [0.1, 0.15) is 5.75 Å². The topological polar surface area (TPSA) is 69.4 Å². The molecule has 0 bridgehead atoms. The van der Waals surface area contributed by atoms with E-state index < -0.39 is 0 Å². The van der Waals surface area contributed by atoms with Gasteiger partial charge in [-0.15, -0.1) is 0 Å². The highest BCUT2D eigenvalue weighted by atomic mass is 16.5. The van der Waals surface area contributed by atoms with E-state index in [1.165, 1.54) is 0 Å². The van der Waals surface area contributed by atoms with Crippen LogP contribution in [0.5, 0.6) is 11.6 Å². The largest absolute Gasteiger partial charge is 0.491 e. The number of methoxy groups -OCH3 is 1. The molecule has 5 nitrogen and oxygen atoms in total. The minimum atomic E-state index is 0.157. The molecule has 1 aromatic carbocycles. The van der Waals surface area contributed by atoms with Crippen molar-refractivity contribution < 1.29 is 9.47 Å². The fourth-order valence-electron chi connectivity index (χ4n) is 1.69.